The van der Waals surface area contributed by atoms with Crippen LogP contribution in [0.2, 0.25) is 0 Å². The van der Waals surface area contributed by atoms with Gasteiger partial charge in [0, 0.05) is 0 Å². The number of halogens is 1. The van der Waals surface area contributed by atoms with Gasteiger partial charge in [0.25, 0.3) is 0 Å². The number of hydrogen-bond acceptors (Lipinski definition) is 3. The van der Waals surface area contributed by atoms with Gasteiger partial charge in [0.05, 0.1) is 4.43 Å². The zero-order chi connectivity index (χ0) is 9.14. The Morgan fingerprint density at radius 2 is 2.33 bits per heavy atom. The van der Waals surface area contributed by atoms with Crippen LogP contribution in [-0.2, 0) is 4.79 Å². The maximum atomic E-state index is 11.0. The predicted octanol–water partition coefficient (Wildman–Crippen LogP) is 1.66. The van der Waals surface area contributed by atoms with Gasteiger partial charge in [0.15, 0.2) is 5.76 Å². The summed E-state index contributed by atoms with van der Waals surface area (Å²) in [5.74, 6) is 0.607. The number of hydrogen-bond donors (Lipinski definition) is 1. The Kier molecular flexibility index (Phi) is 3.07. The SMILES string of the molecule is Cc1noc(C)c1NC(=O)CI. The third-order valence-electron chi connectivity index (χ3n) is 1.42. The summed E-state index contributed by atoms with van der Waals surface area (Å²) in [4.78, 5) is 11.0. The van der Waals surface area contributed by atoms with Crippen LogP contribution in [0.5, 0.6) is 0 Å². The molecular formula is C7H9IN2O2. The Morgan fingerprint density at radius 1 is 1.67 bits per heavy atom. The minimum Gasteiger partial charge on any atom is -0.359 e. The lowest BCUT2D eigenvalue weighted by atomic mass is 10.3. The molecule has 0 unspecified atom stereocenters. The van der Waals surface area contributed by atoms with Gasteiger partial charge in [-0.25, -0.2) is 0 Å². The zero-order valence-corrected chi connectivity index (χ0v) is 9.01. The first kappa shape index (κ1) is 9.50. The van der Waals surface area contributed by atoms with Crippen molar-refractivity contribution in [2.75, 3.05) is 9.74 Å². The van der Waals surface area contributed by atoms with Crippen LogP contribution < -0.4 is 5.32 Å². The van der Waals surface area contributed by atoms with Crippen molar-refractivity contribution in [3.63, 3.8) is 0 Å². The van der Waals surface area contributed by atoms with Crippen molar-refractivity contribution in [2.45, 2.75) is 13.8 Å². The molecule has 0 radical (unpaired) electrons. The van der Waals surface area contributed by atoms with Gasteiger partial charge in [-0.3, -0.25) is 4.79 Å². The first-order valence-corrected chi connectivity index (χ1v) is 4.96. The number of rotatable bonds is 2. The normalized spacial score (nSPS) is 9.92. The number of carbonyl (C=O) groups excluding carboxylic acids is 1. The van der Waals surface area contributed by atoms with Crippen LogP contribution in [-0.4, -0.2) is 15.5 Å². The summed E-state index contributed by atoms with van der Waals surface area (Å²) in [6.07, 6.45) is 0. The third kappa shape index (κ3) is 1.96. The van der Waals surface area contributed by atoms with Gasteiger partial charge in [-0.05, 0) is 13.8 Å². The van der Waals surface area contributed by atoms with Crippen molar-refractivity contribution in [1.82, 2.24) is 5.16 Å². The Morgan fingerprint density at radius 3 is 2.75 bits per heavy atom. The molecule has 1 N–H and O–H groups in total. The Hall–Kier alpha value is -0.590. The fraction of sp³-hybridized carbons (Fsp3) is 0.429. The summed E-state index contributed by atoms with van der Waals surface area (Å²) in [6, 6.07) is 0. The van der Waals surface area contributed by atoms with E-state index in [1.807, 2.05) is 22.6 Å². The van der Waals surface area contributed by atoms with Crippen molar-refractivity contribution in [1.29, 1.82) is 0 Å². The number of aryl methyl sites for hydroxylation is 2. The van der Waals surface area contributed by atoms with E-state index >= 15 is 0 Å². The van der Waals surface area contributed by atoms with Crippen molar-refractivity contribution >= 4 is 34.2 Å². The zero-order valence-electron chi connectivity index (χ0n) is 6.85. The van der Waals surface area contributed by atoms with Crippen LogP contribution >= 0.6 is 22.6 Å². The number of alkyl halides is 1. The molecule has 1 rings (SSSR count). The summed E-state index contributed by atoms with van der Waals surface area (Å²) >= 11 is 2.00. The molecule has 0 aromatic carbocycles. The molecule has 5 heteroatoms. The van der Waals surface area contributed by atoms with E-state index in [0.717, 1.165) is 0 Å². The minimum atomic E-state index is -0.0370. The highest BCUT2D eigenvalue weighted by Gasteiger charge is 2.10. The molecule has 0 atom stereocenters. The predicted molar refractivity (Wildman–Crippen MR) is 53.5 cm³/mol. The largest absolute Gasteiger partial charge is 0.359 e. The average molecular weight is 280 g/mol. The molecule has 0 saturated carbocycles. The standard InChI is InChI=1S/C7H9IN2O2/c1-4-7(5(2)12-10-4)9-6(11)3-8/h3H2,1-2H3,(H,9,11). The Balaban J connectivity index is 2.80. The van der Waals surface area contributed by atoms with Gasteiger partial charge >= 0.3 is 0 Å². The summed E-state index contributed by atoms with van der Waals surface area (Å²) in [7, 11) is 0. The van der Waals surface area contributed by atoms with E-state index in [-0.39, 0.29) is 5.91 Å². The second kappa shape index (κ2) is 3.88. The van der Waals surface area contributed by atoms with Crippen molar-refractivity contribution in [2.24, 2.45) is 0 Å². The molecule has 1 amide bonds. The van der Waals surface area contributed by atoms with Crippen LogP contribution in [0.25, 0.3) is 0 Å². The van der Waals surface area contributed by atoms with Crippen molar-refractivity contribution in [3.8, 4) is 0 Å². The van der Waals surface area contributed by atoms with Gasteiger partial charge < -0.3 is 9.84 Å². The van der Waals surface area contributed by atoms with Gasteiger partial charge in [-0.2, -0.15) is 0 Å². The molecule has 0 bridgehead atoms. The number of nitrogens with zero attached hydrogens (tertiary/aromatic N) is 1. The van der Waals surface area contributed by atoms with Crippen LogP contribution in [0.1, 0.15) is 11.5 Å². The quantitative estimate of drug-likeness (QED) is 0.662. The maximum Gasteiger partial charge on any atom is 0.234 e. The molecule has 1 aromatic heterocycles. The molecule has 0 aliphatic rings. The highest BCUT2D eigenvalue weighted by molar-refractivity contribution is 14.1. The lowest BCUT2D eigenvalue weighted by molar-refractivity contribution is -0.113. The van der Waals surface area contributed by atoms with Gasteiger partial charge in [0.1, 0.15) is 11.4 Å². The molecule has 4 nitrogen and oxygen atoms in total. The second-order valence-electron chi connectivity index (χ2n) is 2.38. The number of aromatic nitrogens is 1. The molecule has 1 heterocycles. The van der Waals surface area contributed by atoms with Crippen LogP contribution in [0.4, 0.5) is 5.69 Å². The molecular weight excluding hydrogens is 271 g/mol. The van der Waals surface area contributed by atoms with E-state index < -0.39 is 0 Å². The summed E-state index contributed by atoms with van der Waals surface area (Å²) in [5, 5.41) is 6.42. The number of amides is 1. The van der Waals surface area contributed by atoms with E-state index in [0.29, 0.717) is 21.6 Å². The first-order chi connectivity index (χ1) is 5.65. The summed E-state index contributed by atoms with van der Waals surface area (Å²) < 4.78 is 5.31. The number of nitrogens with one attached hydrogen (secondary N) is 1. The topological polar surface area (TPSA) is 55.1 Å². The number of anilines is 1. The fourth-order valence-corrected chi connectivity index (χ4v) is 1.02. The van der Waals surface area contributed by atoms with E-state index in [2.05, 4.69) is 10.5 Å². The maximum absolute atomic E-state index is 11.0. The molecule has 0 aliphatic carbocycles. The summed E-state index contributed by atoms with van der Waals surface area (Å²) in [6.45, 7) is 3.56. The van der Waals surface area contributed by atoms with Crippen LogP contribution in [0, 0.1) is 13.8 Å². The smallest absolute Gasteiger partial charge is 0.234 e. The Bertz CT molecular complexity index is 276. The lowest BCUT2D eigenvalue weighted by Crippen LogP contribution is -2.13. The fourth-order valence-electron chi connectivity index (χ4n) is 0.834. The third-order valence-corrected chi connectivity index (χ3v) is 2.11. The molecule has 66 valence electrons. The van der Waals surface area contributed by atoms with Crippen LogP contribution in [0.3, 0.4) is 0 Å². The lowest BCUT2D eigenvalue weighted by Gasteiger charge is -1.99. The molecule has 1 aromatic rings. The van der Waals surface area contributed by atoms with E-state index in [1.165, 1.54) is 0 Å². The molecule has 0 saturated heterocycles. The molecule has 0 aliphatic heterocycles. The Labute approximate surface area is 83.8 Å². The minimum absolute atomic E-state index is 0.0370. The van der Waals surface area contributed by atoms with E-state index in [4.69, 9.17) is 4.52 Å². The van der Waals surface area contributed by atoms with E-state index in [1.54, 1.807) is 13.8 Å². The monoisotopic (exact) mass is 280 g/mol. The average Bonchev–Trinajstić information content (AvgIpc) is 2.35. The van der Waals surface area contributed by atoms with Crippen LogP contribution in [0.15, 0.2) is 4.52 Å². The van der Waals surface area contributed by atoms with E-state index in [9.17, 15) is 4.79 Å². The van der Waals surface area contributed by atoms with Crippen molar-refractivity contribution < 1.29 is 9.32 Å². The summed E-state index contributed by atoms with van der Waals surface area (Å²) in [5.41, 5.74) is 1.40. The highest BCUT2D eigenvalue weighted by atomic mass is 127. The molecule has 0 spiro atoms. The van der Waals surface area contributed by atoms with Gasteiger partial charge in [0.2, 0.25) is 5.91 Å². The number of carbonyl (C=O) groups is 1. The molecule has 12 heavy (non-hydrogen) atoms. The van der Waals surface area contributed by atoms with Gasteiger partial charge in [-0.15, -0.1) is 0 Å². The highest BCUT2D eigenvalue weighted by Crippen LogP contribution is 2.18. The molecule has 0 fully saturated rings. The first-order valence-electron chi connectivity index (χ1n) is 3.44. The van der Waals surface area contributed by atoms with Gasteiger partial charge in [-0.1, -0.05) is 27.7 Å². The second-order valence-corrected chi connectivity index (χ2v) is 3.14. The van der Waals surface area contributed by atoms with Crippen molar-refractivity contribution in [3.05, 3.63) is 11.5 Å².